The SMILES string of the molecule is COC(=O)C(NC(C)C)c1cc(OC)cc(OC)c1. The second-order valence-corrected chi connectivity index (χ2v) is 4.42. The number of rotatable bonds is 6. The van der Waals surface area contributed by atoms with Crippen LogP contribution < -0.4 is 14.8 Å². The maximum absolute atomic E-state index is 11.9. The van der Waals surface area contributed by atoms with Crippen LogP contribution in [0.5, 0.6) is 11.5 Å². The van der Waals surface area contributed by atoms with E-state index >= 15 is 0 Å². The van der Waals surface area contributed by atoms with Crippen molar-refractivity contribution in [3.05, 3.63) is 23.8 Å². The number of ether oxygens (including phenoxy) is 3. The van der Waals surface area contributed by atoms with Gasteiger partial charge in [-0.15, -0.1) is 0 Å². The van der Waals surface area contributed by atoms with Crippen LogP contribution in [0.1, 0.15) is 25.5 Å². The highest BCUT2D eigenvalue weighted by atomic mass is 16.5. The van der Waals surface area contributed by atoms with Crippen LogP contribution in [0, 0.1) is 0 Å². The molecule has 0 heterocycles. The highest BCUT2D eigenvalue weighted by Crippen LogP contribution is 2.27. The van der Waals surface area contributed by atoms with E-state index in [0.717, 1.165) is 5.56 Å². The van der Waals surface area contributed by atoms with Gasteiger partial charge in [0, 0.05) is 12.1 Å². The van der Waals surface area contributed by atoms with E-state index in [0.29, 0.717) is 11.5 Å². The maximum atomic E-state index is 11.9. The molecule has 0 radical (unpaired) electrons. The lowest BCUT2D eigenvalue weighted by Crippen LogP contribution is -2.34. The van der Waals surface area contributed by atoms with Gasteiger partial charge >= 0.3 is 5.97 Å². The summed E-state index contributed by atoms with van der Waals surface area (Å²) in [5.74, 6) is 0.923. The number of methoxy groups -OCH3 is 3. The van der Waals surface area contributed by atoms with Crippen molar-refractivity contribution in [3.63, 3.8) is 0 Å². The van der Waals surface area contributed by atoms with E-state index in [4.69, 9.17) is 14.2 Å². The lowest BCUT2D eigenvalue weighted by Gasteiger charge is -2.20. The molecule has 0 aliphatic carbocycles. The zero-order valence-corrected chi connectivity index (χ0v) is 12.0. The molecule has 1 aromatic carbocycles. The molecule has 5 nitrogen and oxygen atoms in total. The average Bonchev–Trinajstić information content (AvgIpc) is 2.42. The third-order valence-corrected chi connectivity index (χ3v) is 2.64. The number of carbonyl (C=O) groups excluding carboxylic acids is 1. The second-order valence-electron chi connectivity index (χ2n) is 4.42. The van der Waals surface area contributed by atoms with Crippen molar-refractivity contribution in [2.75, 3.05) is 21.3 Å². The summed E-state index contributed by atoms with van der Waals surface area (Å²) in [6.45, 7) is 3.93. The van der Waals surface area contributed by atoms with E-state index in [-0.39, 0.29) is 12.0 Å². The monoisotopic (exact) mass is 267 g/mol. The molecule has 0 bridgehead atoms. The molecular weight excluding hydrogens is 246 g/mol. The zero-order valence-electron chi connectivity index (χ0n) is 12.0. The summed E-state index contributed by atoms with van der Waals surface area (Å²) in [5, 5.41) is 3.16. The molecule has 0 fully saturated rings. The van der Waals surface area contributed by atoms with Crippen molar-refractivity contribution in [1.29, 1.82) is 0 Å². The van der Waals surface area contributed by atoms with Gasteiger partial charge in [0.05, 0.1) is 21.3 Å². The molecule has 106 valence electrons. The van der Waals surface area contributed by atoms with E-state index in [1.54, 1.807) is 32.4 Å². The predicted octanol–water partition coefficient (Wildman–Crippen LogP) is 1.92. The third kappa shape index (κ3) is 4.13. The van der Waals surface area contributed by atoms with Crippen LogP contribution >= 0.6 is 0 Å². The number of benzene rings is 1. The molecule has 1 rings (SSSR count). The molecule has 0 amide bonds. The van der Waals surface area contributed by atoms with E-state index in [1.807, 2.05) is 13.8 Å². The molecule has 1 aromatic rings. The molecule has 1 atom stereocenters. The molecule has 0 saturated carbocycles. The van der Waals surface area contributed by atoms with Crippen LogP contribution in [0.3, 0.4) is 0 Å². The van der Waals surface area contributed by atoms with Gasteiger partial charge in [-0.2, -0.15) is 0 Å². The maximum Gasteiger partial charge on any atom is 0.327 e. The summed E-state index contributed by atoms with van der Waals surface area (Å²) in [7, 11) is 4.51. The number of carbonyl (C=O) groups is 1. The molecule has 0 aliphatic rings. The van der Waals surface area contributed by atoms with Gasteiger partial charge in [0.1, 0.15) is 17.5 Å². The summed E-state index contributed by atoms with van der Waals surface area (Å²) in [4.78, 5) is 11.9. The van der Waals surface area contributed by atoms with Gasteiger partial charge in [-0.05, 0) is 31.5 Å². The number of nitrogens with one attached hydrogen (secondary N) is 1. The smallest absolute Gasteiger partial charge is 0.327 e. The van der Waals surface area contributed by atoms with Crippen LogP contribution in [0.4, 0.5) is 0 Å². The van der Waals surface area contributed by atoms with E-state index in [2.05, 4.69) is 5.32 Å². The van der Waals surface area contributed by atoms with E-state index in [1.165, 1.54) is 7.11 Å². The Balaban J connectivity index is 3.16. The van der Waals surface area contributed by atoms with Gasteiger partial charge in [-0.25, -0.2) is 4.79 Å². The van der Waals surface area contributed by atoms with Crippen molar-refractivity contribution in [2.24, 2.45) is 0 Å². The van der Waals surface area contributed by atoms with E-state index < -0.39 is 6.04 Å². The van der Waals surface area contributed by atoms with Crippen LogP contribution in [-0.4, -0.2) is 33.3 Å². The first kappa shape index (κ1) is 15.3. The normalized spacial score (nSPS) is 12.1. The van der Waals surface area contributed by atoms with Crippen molar-refractivity contribution >= 4 is 5.97 Å². The fourth-order valence-corrected chi connectivity index (χ4v) is 1.75. The van der Waals surface area contributed by atoms with Crippen LogP contribution in [0.25, 0.3) is 0 Å². The van der Waals surface area contributed by atoms with Crippen molar-refractivity contribution in [2.45, 2.75) is 25.9 Å². The lowest BCUT2D eigenvalue weighted by atomic mass is 10.1. The molecule has 1 N–H and O–H groups in total. The van der Waals surface area contributed by atoms with Gasteiger partial charge in [0.2, 0.25) is 0 Å². The Kier molecular flexibility index (Phi) is 5.63. The highest BCUT2D eigenvalue weighted by Gasteiger charge is 2.23. The Morgan fingerprint density at radius 2 is 1.58 bits per heavy atom. The predicted molar refractivity (Wildman–Crippen MR) is 72.6 cm³/mol. The number of esters is 1. The molecule has 0 aromatic heterocycles. The largest absolute Gasteiger partial charge is 0.497 e. The quantitative estimate of drug-likeness (QED) is 0.798. The third-order valence-electron chi connectivity index (χ3n) is 2.64. The zero-order chi connectivity index (χ0) is 14.4. The fraction of sp³-hybridized carbons (Fsp3) is 0.500. The first-order valence-corrected chi connectivity index (χ1v) is 6.08. The molecule has 1 unspecified atom stereocenters. The van der Waals surface area contributed by atoms with Gasteiger partial charge in [0.15, 0.2) is 0 Å². The van der Waals surface area contributed by atoms with Gasteiger partial charge in [-0.1, -0.05) is 0 Å². The van der Waals surface area contributed by atoms with Gasteiger partial charge < -0.3 is 14.2 Å². The molecule has 5 heteroatoms. The summed E-state index contributed by atoms with van der Waals surface area (Å²) < 4.78 is 15.2. The average molecular weight is 267 g/mol. The summed E-state index contributed by atoms with van der Waals surface area (Å²) in [6, 6.07) is 4.93. The topological polar surface area (TPSA) is 56.8 Å². The van der Waals surface area contributed by atoms with Crippen LogP contribution in [-0.2, 0) is 9.53 Å². The van der Waals surface area contributed by atoms with Crippen molar-refractivity contribution in [3.8, 4) is 11.5 Å². The molecule has 0 spiro atoms. The Morgan fingerprint density at radius 1 is 1.05 bits per heavy atom. The Bertz CT molecular complexity index is 409. The second kappa shape index (κ2) is 6.99. The Morgan fingerprint density at radius 3 is 1.95 bits per heavy atom. The van der Waals surface area contributed by atoms with Gasteiger partial charge in [-0.3, -0.25) is 5.32 Å². The lowest BCUT2D eigenvalue weighted by molar-refractivity contribution is -0.143. The van der Waals surface area contributed by atoms with Crippen molar-refractivity contribution in [1.82, 2.24) is 5.32 Å². The Hall–Kier alpha value is -1.75. The summed E-state index contributed by atoms with van der Waals surface area (Å²) in [6.07, 6.45) is 0. The summed E-state index contributed by atoms with van der Waals surface area (Å²) in [5.41, 5.74) is 0.747. The minimum atomic E-state index is -0.547. The van der Waals surface area contributed by atoms with Crippen LogP contribution in [0.15, 0.2) is 18.2 Å². The molecule has 0 saturated heterocycles. The molecule has 19 heavy (non-hydrogen) atoms. The summed E-state index contributed by atoms with van der Waals surface area (Å²) >= 11 is 0. The van der Waals surface area contributed by atoms with E-state index in [9.17, 15) is 4.79 Å². The molecule has 0 aliphatic heterocycles. The van der Waals surface area contributed by atoms with Crippen molar-refractivity contribution < 1.29 is 19.0 Å². The number of hydrogen-bond acceptors (Lipinski definition) is 5. The minimum absolute atomic E-state index is 0.140. The highest BCUT2D eigenvalue weighted by molar-refractivity contribution is 5.78. The fourth-order valence-electron chi connectivity index (χ4n) is 1.75. The number of hydrogen-bond donors (Lipinski definition) is 1. The van der Waals surface area contributed by atoms with Crippen LogP contribution in [0.2, 0.25) is 0 Å². The van der Waals surface area contributed by atoms with Gasteiger partial charge in [0.25, 0.3) is 0 Å². The molecular formula is C14H21NO4. The standard InChI is InChI=1S/C14H21NO4/c1-9(2)15-13(14(16)19-5)10-6-11(17-3)8-12(7-10)18-4/h6-9,13,15H,1-5H3. The Labute approximate surface area is 113 Å². The first-order valence-electron chi connectivity index (χ1n) is 6.08. The first-order chi connectivity index (χ1) is 9.01. The minimum Gasteiger partial charge on any atom is -0.497 e.